The Morgan fingerprint density at radius 1 is 1.07 bits per heavy atom. The van der Waals surface area contributed by atoms with E-state index in [1.54, 1.807) is 30.5 Å². The Bertz CT molecular complexity index is 413. The summed E-state index contributed by atoms with van der Waals surface area (Å²) in [6, 6.07) is 8.00. The van der Waals surface area contributed by atoms with Crippen LogP contribution in [0.15, 0.2) is 42.7 Å². The number of pyridine rings is 1. The molecule has 1 aromatic carbocycles. The molecule has 1 aromatic heterocycles. The molecule has 0 spiro atoms. The first-order valence-electron chi connectivity index (χ1n) is 4.16. The summed E-state index contributed by atoms with van der Waals surface area (Å²) >= 11 is 0. The van der Waals surface area contributed by atoms with E-state index in [1.807, 2.05) is 0 Å². The Labute approximate surface area is 80.7 Å². The lowest BCUT2D eigenvalue weighted by molar-refractivity contribution is 0.475. The summed E-state index contributed by atoms with van der Waals surface area (Å²) < 4.78 is 12.8. The van der Waals surface area contributed by atoms with E-state index in [0.717, 1.165) is 11.8 Å². The Hall–Kier alpha value is -1.90. The number of phenols is 1. The Kier molecular flexibility index (Phi) is 2.14. The lowest BCUT2D eigenvalue weighted by Crippen LogP contribution is -1.82. The molecule has 0 saturated heterocycles. The van der Waals surface area contributed by atoms with Crippen molar-refractivity contribution in [2.24, 2.45) is 0 Å². The second kappa shape index (κ2) is 3.46. The summed E-state index contributed by atoms with van der Waals surface area (Å²) in [6.07, 6.45) is 2.70. The molecule has 0 atom stereocenters. The van der Waals surface area contributed by atoms with E-state index in [0.29, 0.717) is 5.56 Å². The van der Waals surface area contributed by atoms with Crippen molar-refractivity contribution in [3.63, 3.8) is 0 Å². The van der Waals surface area contributed by atoms with E-state index in [2.05, 4.69) is 4.98 Å². The molecule has 0 aliphatic carbocycles. The predicted molar refractivity (Wildman–Crippen MR) is 51.3 cm³/mol. The summed E-state index contributed by atoms with van der Waals surface area (Å²) in [5, 5.41) is 9.23. The van der Waals surface area contributed by atoms with Gasteiger partial charge in [0.15, 0.2) is 0 Å². The van der Waals surface area contributed by atoms with Crippen LogP contribution >= 0.6 is 0 Å². The molecule has 0 amide bonds. The first kappa shape index (κ1) is 8.69. The van der Waals surface area contributed by atoms with E-state index in [9.17, 15) is 9.50 Å². The van der Waals surface area contributed by atoms with Crippen LogP contribution in [0, 0.1) is 5.82 Å². The number of aromatic hydroxyl groups is 1. The minimum Gasteiger partial charge on any atom is -0.508 e. The molecular formula is C11H8FNO. The maximum atomic E-state index is 12.8. The number of nitrogens with zero attached hydrogens (tertiary/aromatic N) is 1. The number of phenolic OH excluding ortho intramolecular Hbond substituents is 1. The second-order valence-electron chi connectivity index (χ2n) is 2.94. The minimum atomic E-state index is -0.383. The molecule has 0 bridgehead atoms. The molecule has 1 heterocycles. The molecule has 0 aliphatic heterocycles. The van der Waals surface area contributed by atoms with E-state index in [-0.39, 0.29) is 11.6 Å². The summed E-state index contributed by atoms with van der Waals surface area (Å²) in [5.41, 5.74) is 1.40. The van der Waals surface area contributed by atoms with E-state index < -0.39 is 0 Å². The summed E-state index contributed by atoms with van der Waals surface area (Å²) in [6.45, 7) is 0. The van der Waals surface area contributed by atoms with Gasteiger partial charge in [0.2, 0.25) is 0 Å². The molecule has 0 unspecified atom stereocenters. The lowest BCUT2D eigenvalue weighted by Gasteiger charge is -2.01. The average Bonchev–Trinajstić information content (AvgIpc) is 2.18. The van der Waals surface area contributed by atoms with Gasteiger partial charge in [-0.3, -0.25) is 4.98 Å². The van der Waals surface area contributed by atoms with Gasteiger partial charge in [-0.15, -0.1) is 0 Å². The van der Waals surface area contributed by atoms with Crippen LogP contribution in [0.1, 0.15) is 0 Å². The highest BCUT2D eigenvalue weighted by Gasteiger charge is 2.00. The van der Waals surface area contributed by atoms with Gasteiger partial charge in [-0.2, -0.15) is 0 Å². The van der Waals surface area contributed by atoms with Crippen molar-refractivity contribution < 1.29 is 9.50 Å². The zero-order valence-corrected chi connectivity index (χ0v) is 7.31. The van der Waals surface area contributed by atoms with Crippen LogP contribution < -0.4 is 0 Å². The SMILES string of the molecule is Oc1cccc(-c2cncc(F)c2)c1. The number of rotatable bonds is 1. The van der Waals surface area contributed by atoms with Crippen LogP contribution in [0.25, 0.3) is 11.1 Å². The molecule has 14 heavy (non-hydrogen) atoms. The van der Waals surface area contributed by atoms with Crippen LogP contribution in [-0.4, -0.2) is 10.1 Å². The number of aromatic nitrogens is 1. The normalized spacial score (nSPS) is 10.1. The van der Waals surface area contributed by atoms with Crippen LogP contribution in [-0.2, 0) is 0 Å². The van der Waals surface area contributed by atoms with E-state index >= 15 is 0 Å². The van der Waals surface area contributed by atoms with Crippen LogP contribution in [0.3, 0.4) is 0 Å². The molecular weight excluding hydrogens is 181 g/mol. The van der Waals surface area contributed by atoms with Crippen LogP contribution in [0.5, 0.6) is 5.75 Å². The zero-order chi connectivity index (χ0) is 9.97. The monoisotopic (exact) mass is 189 g/mol. The fourth-order valence-corrected chi connectivity index (χ4v) is 1.26. The largest absolute Gasteiger partial charge is 0.508 e. The Balaban J connectivity index is 2.49. The first-order chi connectivity index (χ1) is 6.75. The zero-order valence-electron chi connectivity index (χ0n) is 7.31. The summed E-state index contributed by atoms with van der Waals surface area (Å²) in [7, 11) is 0. The maximum absolute atomic E-state index is 12.8. The molecule has 70 valence electrons. The van der Waals surface area contributed by atoms with Crippen molar-refractivity contribution in [1.29, 1.82) is 0 Å². The maximum Gasteiger partial charge on any atom is 0.142 e. The molecule has 2 rings (SSSR count). The number of hydrogen-bond acceptors (Lipinski definition) is 2. The molecule has 0 aliphatic rings. The van der Waals surface area contributed by atoms with Gasteiger partial charge in [-0.25, -0.2) is 4.39 Å². The molecule has 2 aromatic rings. The highest BCUT2D eigenvalue weighted by Crippen LogP contribution is 2.22. The Morgan fingerprint density at radius 2 is 1.93 bits per heavy atom. The van der Waals surface area contributed by atoms with E-state index in [4.69, 9.17) is 0 Å². The van der Waals surface area contributed by atoms with Gasteiger partial charge >= 0.3 is 0 Å². The van der Waals surface area contributed by atoms with Crippen molar-refractivity contribution in [2.45, 2.75) is 0 Å². The quantitative estimate of drug-likeness (QED) is 0.747. The molecule has 0 saturated carbocycles. The third-order valence-electron chi connectivity index (χ3n) is 1.88. The van der Waals surface area contributed by atoms with Gasteiger partial charge in [-0.1, -0.05) is 12.1 Å². The number of halogens is 1. The Morgan fingerprint density at radius 3 is 2.64 bits per heavy atom. The highest BCUT2D eigenvalue weighted by atomic mass is 19.1. The molecule has 0 radical (unpaired) electrons. The molecule has 0 fully saturated rings. The fraction of sp³-hybridized carbons (Fsp3) is 0. The first-order valence-corrected chi connectivity index (χ1v) is 4.16. The average molecular weight is 189 g/mol. The molecule has 1 N–H and O–H groups in total. The van der Waals surface area contributed by atoms with Crippen molar-refractivity contribution in [3.05, 3.63) is 48.5 Å². The fourth-order valence-electron chi connectivity index (χ4n) is 1.26. The van der Waals surface area contributed by atoms with Gasteiger partial charge in [0, 0.05) is 11.8 Å². The van der Waals surface area contributed by atoms with Gasteiger partial charge in [0.05, 0.1) is 6.20 Å². The topological polar surface area (TPSA) is 33.1 Å². The lowest BCUT2D eigenvalue weighted by atomic mass is 10.1. The van der Waals surface area contributed by atoms with Crippen molar-refractivity contribution in [1.82, 2.24) is 4.98 Å². The van der Waals surface area contributed by atoms with Crippen molar-refractivity contribution in [2.75, 3.05) is 0 Å². The van der Waals surface area contributed by atoms with Crippen LogP contribution in [0.2, 0.25) is 0 Å². The number of hydrogen-bond donors (Lipinski definition) is 1. The smallest absolute Gasteiger partial charge is 0.142 e. The molecule has 3 heteroatoms. The van der Waals surface area contributed by atoms with Gasteiger partial charge in [0.1, 0.15) is 11.6 Å². The standard InChI is InChI=1S/C11H8FNO/c12-10-4-9(6-13-7-10)8-2-1-3-11(14)5-8/h1-7,14H. The van der Waals surface area contributed by atoms with E-state index in [1.165, 1.54) is 6.07 Å². The highest BCUT2D eigenvalue weighted by molar-refractivity contribution is 5.63. The van der Waals surface area contributed by atoms with Gasteiger partial charge in [-0.05, 0) is 23.8 Å². The predicted octanol–water partition coefficient (Wildman–Crippen LogP) is 2.59. The minimum absolute atomic E-state index is 0.159. The molecule has 2 nitrogen and oxygen atoms in total. The second-order valence-corrected chi connectivity index (χ2v) is 2.94. The van der Waals surface area contributed by atoms with Gasteiger partial charge < -0.3 is 5.11 Å². The van der Waals surface area contributed by atoms with Crippen molar-refractivity contribution in [3.8, 4) is 16.9 Å². The third kappa shape index (κ3) is 1.71. The number of benzene rings is 1. The van der Waals surface area contributed by atoms with Crippen LogP contribution in [0.4, 0.5) is 4.39 Å². The van der Waals surface area contributed by atoms with Gasteiger partial charge in [0.25, 0.3) is 0 Å². The third-order valence-corrected chi connectivity index (χ3v) is 1.88. The summed E-state index contributed by atoms with van der Waals surface area (Å²) in [4.78, 5) is 3.73. The van der Waals surface area contributed by atoms with Crippen molar-refractivity contribution >= 4 is 0 Å². The summed E-state index contributed by atoms with van der Waals surface area (Å²) in [5.74, 6) is -0.224.